The molecule has 1 aliphatic rings. The van der Waals surface area contributed by atoms with Gasteiger partial charge in [0.05, 0.1) is 11.5 Å². The van der Waals surface area contributed by atoms with E-state index in [0.717, 1.165) is 0 Å². The Morgan fingerprint density at radius 2 is 2.06 bits per heavy atom. The van der Waals surface area contributed by atoms with Gasteiger partial charge in [0.15, 0.2) is 0 Å². The third-order valence-corrected chi connectivity index (χ3v) is 2.71. The fourth-order valence-corrected chi connectivity index (χ4v) is 1.62. The first kappa shape index (κ1) is 11.7. The van der Waals surface area contributed by atoms with Crippen molar-refractivity contribution in [3.8, 4) is 11.9 Å². The lowest BCUT2D eigenvalue weighted by Gasteiger charge is -2.35. The molecule has 0 atom stereocenters. The zero-order valence-corrected chi connectivity index (χ0v) is 8.74. The molecule has 0 unspecified atom stereocenters. The van der Waals surface area contributed by atoms with Gasteiger partial charge in [0, 0.05) is 12.3 Å². The van der Waals surface area contributed by atoms with E-state index in [1.165, 1.54) is 18.3 Å². The van der Waals surface area contributed by atoms with Crippen LogP contribution in [-0.2, 0) is 0 Å². The second kappa shape index (κ2) is 4.24. The van der Waals surface area contributed by atoms with Crippen LogP contribution in [0.5, 0.6) is 5.88 Å². The quantitative estimate of drug-likeness (QED) is 0.800. The van der Waals surface area contributed by atoms with Crippen LogP contribution in [0.2, 0.25) is 0 Å². The van der Waals surface area contributed by atoms with Gasteiger partial charge in [-0.3, -0.25) is 0 Å². The van der Waals surface area contributed by atoms with Crippen molar-refractivity contribution in [2.24, 2.45) is 5.92 Å². The molecule has 0 saturated heterocycles. The Kier molecular flexibility index (Phi) is 2.92. The van der Waals surface area contributed by atoms with Crippen molar-refractivity contribution in [1.82, 2.24) is 4.98 Å². The molecular weight excluding hydrogens is 233 g/mol. The molecule has 0 radical (unpaired) electrons. The molecule has 0 aromatic carbocycles. The molecule has 17 heavy (non-hydrogen) atoms. The maximum absolute atomic E-state index is 12.2. The molecule has 2 rings (SSSR count). The number of halogens is 3. The molecule has 90 valence electrons. The highest BCUT2D eigenvalue weighted by Crippen LogP contribution is 2.42. The molecule has 1 heterocycles. The van der Waals surface area contributed by atoms with Crippen LogP contribution in [0.1, 0.15) is 18.4 Å². The first-order chi connectivity index (χ1) is 7.99. The number of hydrogen-bond acceptors (Lipinski definition) is 3. The summed E-state index contributed by atoms with van der Waals surface area (Å²) in [5.74, 6) is -1.000. The van der Waals surface area contributed by atoms with E-state index in [0.29, 0.717) is 5.56 Å². The second-order valence-corrected chi connectivity index (χ2v) is 3.95. The molecule has 0 N–H and O–H groups in total. The Hall–Kier alpha value is -1.77. The van der Waals surface area contributed by atoms with Crippen LogP contribution in [0.4, 0.5) is 13.2 Å². The Morgan fingerprint density at radius 3 is 2.53 bits per heavy atom. The van der Waals surface area contributed by atoms with Crippen LogP contribution in [0.25, 0.3) is 0 Å². The summed E-state index contributed by atoms with van der Waals surface area (Å²) in [7, 11) is 0. The summed E-state index contributed by atoms with van der Waals surface area (Å²) in [6, 6.07) is 4.90. The van der Waals surface area contributed by atoms with Crippen LogP contribution < -0.4 is 4.74 Å². The van der Waals surface area contributed by atoms with Gasteiger partial charge in [-0.05, 0) is 18.9 Å². The molecule has 6 heteroatoms. The van der Waals surface area contributed by atoms with Crippen LogP contribution in [0, 0.1) is 17.2 Å². The smallest absolute Gasteiger partial charge is 0.392 e. The van der Waals surface area contributed by atoms with Crippen LogP contribution in [0.15, 0.2) is 18.3 Å². The lowest BCUT2D eigenvalue weighted by molar-refractivity contribution is -0.210. The Morgan fingerprint density at radius 1 is 1.35 bits per heavy atom. The van der Waals surface area contributed by atoms with Gasteiger partial charge in [-0.25, -0.2) is 4.98 Å². The Bertz CT molecular complexity index is 430. The molecule has 1 aromatic heterocycles. The van der Waals surface area contributed by atoms with Gasteiger partial charge in [-0.15, -0.1) is 0 Å². The second-order valence-electron chi connectivity index (χ2n) is 3.95. The fourth-order valence-electron chi connectivity index (χ4n) is 1.62. The van der Waals surface area contributed by atoms with E-state index in [4.69, 9.17) is 10.00 Å². The number of ether oxygens (including phenoxy) is 1. The Balaban J connectivity index is 1.86. The topological polar surface area (TPSA) is 45.9 Å². The fraction of sp³-hybridized carbons (Fsp3) is 0.455. The summed E-state index contributed by atoms with van der Waals surface area (Å²) in [5.41, 5.74) is 0.388. The van der Waals surface area contributed by atoms with Crippen LogP contribution in [0.3, 0.4) is 0 Å². The number of alkyl halides is 3. The van der Waals surface area contributed by atoms with Crippen LogP contribution in [-0.4, -0.2) is 17.3 Å². The lowest BCUT2D eigenvalue weighted by atomic mass is 9.82. The van der Waals surface area contributed by atoms with Crippen LogP contribution >= 0.6 is 0 Å². The zero-order chi connectivity index (χ0) is 12.5. The lowest BCUT2D eigenvalue weighted by Crippen LogP contribution is -2.42. The third-order valence-electron chi connectivity index (χ3n) is 2.71. The van der Waals surface area contributed by atoms with Crippen molar-refractivity contribution < 1.29 is 17.9 Å². The highest BCUT2D eigenvalue weighted by atomic mass is 19.4. The summed E-state index contributed by atoms with van der Waals surface area (Å²) in [6.45, 7) is 0. The van der Waals surface area contributed by atoms with Gasteiger partial charge < -0.3 is 4.74 Å². The molecule has 1 aliphatic carbocycles. The Labute approximate surface area is 95.8 Å². The standard InChI is InChI=1S/C11H9F3N2O/c12-11(13,14)8-3-9(4-8)17-10-2-1-7(5-15)6-16-10/h1-2,6,8-9H,3-4H2. The van der Waals surface area contributed by atoms with Gasteiger partial charge in [-0.2, -0.15) is 18.4 Å². The molecule has 0 aliphatic heterocycles. The minimum absolute atomic E-state index is 0.0226. The number of nitrogens with zero attached hydrogens (tertiary/aromatic N) is 2. The first-order valence-corrected chi connectivity index (χ1v) is 5.08. The van der Waals surface area contributed by atoms with E-state index in [2.05, 4.69) is 4.98 Å². The highest BCUT2D eigenvalue weighted by Gasteiger charge is 2.48. The maximum atomic E-state index is 12.2. The monoisotopic (exact) mass is 242 g/mol. The molecule has 0 bridgehead atoms. The van der Waals surface area contributed by atoms with E-state index in [1.807, 2.05) is 6.07 Å². The number of pyridine rings is 1. The zero-order valence-electron chi connectivity index (χ0n) is 8.74. The van der Waals surface area contributed by atoms with Gasteiger partial charge in [0.2, 0.25) is 5.88 Å². The van der Waals surface area contributed by atoms with E-state index in [-0.39, 0.29) is 18.7 Å². The average molecular weight is 242 g/mol. The average Bonchev–Trinajstić information content (AvgIpc) is 2.22. The van der Waals surface area contributed by atoms with Gasteiger partial charge in [-0.1, -0.05) is 0 Å². The predicted octanol–water partition coefficient (Wildman–Crippen LogP) is 2.67. The van der Waals surface area contributed by atoms with E-state index in [9.17, 15) is 13.2 Å². The van der Waals surface area contributed by atoms with Gasteiger partial charge >= 0.3 is 6.18 Å². The largest absolute Gasteiger partial charge is 0.474 e. The predicted molar refractivity (Wildman–Crippen MR) is 52.1 cm³/mol. The molecule has 0 spiro atoms. The summed E-state index contributed by atoms with van der Waals surface area (Å²) < 4.78 is 41.9. The summed E-state index contributed by atoms with van der Waals surface area (Å²) in [6.07, 6.45) is -3.27. The summed E-state index contributed by atoms with van der Waals surface area (Å²) in [5, 5.41) is 8.54. The number of hydrogen-bond donors (Lipinski definition) is 0. The number of aromatic nitrogens is 1. The van der Waals surface area contributed by atoms with Crippen molar-refractivity contribution in [2.75, 3.05) is 0 Å². The first-order valence-electron chi connectivity index (χ1n) is 5.08. The molecule has 1 fully saturated rings. The van der Waals surface area contributed by atoms with Crippen molar-refractivity contribution in [3.63, 3.8) is 0 Å². The van der Waals surface area contributed by atoms with E-state index < -0.39 is 18.2 Å². The third kappa shape index (κ3) is 2.67. The minimum Gasteiger partial charge on any atom is -0.474 e. The van der Waals surface area contributed by atoms with Crippen molar-refractivity contribution in [1.29, 1.82) is 5.26 Å². The summed E-state index contributed by atoms with van der Waals surface area (Å²) >= 11 is 0. The van der Waals surface area contributed by atoms with Gasteiger partial charge in [0.1, 0.15) is 12.2 Å². The SMILES string of the molecule is N#Cc1ccc(OC2CC(C(F)(F)F)C2)nc1. The molecular formula is C11H9F3N2O. The van der Waals surface area contributed by atoms with E-state index >= 15 is 0 Å². The highest BCUT2D eigenvalue weighted by molar-refractivity contribution is 5.28. The summed E-state index contributed by atoms with van der Waals surface area (Å²) in [4.78, 5) is 3.83. The maximum Gasteiger partial charge on any atom is 0.392 e. The van der Waals surface area contributed by atoms with E-state index in [1.54, 1.807) is 0 Å². The molecule has 3 nitrogen and oxygen atoms in total. The number of rotatable bonds is 2. The van der Waals surface area contributed by atoms with Gasteiger partial charge in [0.25, 0.3) is 0 Å². The number of nitriles is 1. The molecule has 1 aromatic rings. The minimum atomic E-state index is -4.13. The van der Waals surface area contributed by atoms with Crippen molar-refractivity contribution in [2.45, 2.75) is 25.1 Å². The normalized spacial score (nSPS) is 23.6. The van der Waals surface area contributed by atoms with Crippen molar-refractivity contribution in [3.05, 3.63) is 23.9 Å². The molecule has 1 saturated carbocycles. The van der Waals surface area contributed by atoms with Crippen molar-refractivity contribution >= 4 is 0 Å². The molecule has 0 amide bonds.